The maximum absolute atomic E-state index is 6.25. The van der Waals surface area contributed by atoms with E-state index in [9.17, 15) is 0 Å². The Morgan fingerprint density at radius 3 is 1.67 bits per heavy atom. The van der Waals surface area contributed by atoms with Crippen molar-refractivity contribution in [2.75, 3.05) is 20.8 Å². The average Bonchev–Trinajstić information content (AvgIpc) is 3.51. The second-order valence-corrected chi connectivity index (χ2v) is 8.76. The third-order valence-electron chi connectivity index (χ3n) is 6.67. The fourth-order valence-corrected chi connectivity index (χ4v) is 5.15. The van der Waals surface area contributed by atoms with Crippen LogP contribution in [0.1, 0.15) is 29.5 Å². The molecule has 3 aromatic carbocycles. The van der Waals surface area contributed by atoms with Gasteiger partial charge in [0.25, 0.3) is 0 Å². The molecule has 0 N–H and O–H groups in total. The normalized spacial score (nSPS) is 20.8. The molecule has 33 heavy (non-hydrogen) atoms. The van der Waals surface area contributed by atoms with Crippen LogP contribution in [-0.2, 0) is 15.0 Å². The van der Waals surface area contributed by atoms with Crippen molar-refractivity contribution < 1.29 is 9.39 Å². The number of allylic oxidation sites excluding steroid dienone is 2. The van der Waals surface area contributed by atoms with Crippen LogP contribution in [0.5, 0.6) is 0 Å². The molecule has 3 atom stereocenters. The summed E-state index contributed by atoms with van der Waals surface area (Å²) in [6.07, 6.45) is 7.51. The van der Waals surface area contributed by atoms with Gasteiger partial charge in [-0.15, -0.1) is 0 Å². The molecule has 2 bridgehead atoms. The molecule has 0 spiro atoms. The topological polar surface area (TPSA) is 30.8 Å². The first-order chi connectivity index (χ1) is 16.3. The minimum Gasteiger partial charge on any atom is -0.384 e. The van der Waals surface area contributed by atoms with Crippen LogP contribution in [0.4, 0.5) is 0 Å². The van der Waals surface area contributed by atoms with Gasteiger partial charge in [-0.05, 0) is 30.6 Å². The molecular weight excluding hydrogens is 405 g/mol. The molecule has 5 rings (SSSR count). The third-order valence-corrected chi connectivity index (χ3v) is 6.67. The van der Waals surface area contributed by atoms with Crippen LogP contribution in [0.2, 0.25) is 0 Å². The predicted molar refractivity (Wildman–Crippen MR) is 135 cm³/mol. The second kappa shape index (κ2) is 11.2. The van der Waals surface area contributed by atoms with Gasteiger partial charge >= 0.3 is 137 Å². The van der Waals surface area contributed by atoms with Gasteiger partial charge in [0.1, 0.15) is 0 Å². The SMILES string of the molecule is CN=BOC(c1ccccc1)(c1ccccc1)c1ccccc1.COCC1CC2C=CC1C2. The number of hydrogen-bond donors (Lipinski definition) is 0. The molecule has 0 saturated heterocycles. The molecule has 4 heteroatoms. The van der Waals surface area contributed by atoms with E-state index in [4.69, 9.17) is 9.39 Å². The van der Waals surface area contributed by atoms with Gasteiger partial charge in [0.05, 0.1) is 0 Å². The van der Waals surface area contributed by atoms with Crippen LogP contribution < -0.4 is 0 Å². The van der Waals surface area contributed by atoms with E-state index in [1.54, 1.807) is 14.2 Å². The molecule has 168 valence electrons. The number of nitrogens with zero attached hydrogens (tertiary/aromatic N) is 1. The average molecular weight is 437 g/mol. The molecule has 3 aromatic rings. The van der Waals surface area contributed by atoms with Crippen molar-refractivity contribution >= 4 is 7.27 Å². The van der Waals surface area contributed by atoms with Crippen LogP contribution in [0.3, 0.4) is 0 Å². The minimum atomic E-state index is -0.719. The van der Waals surface area contributed by atoms with Crippen molar-refractivity contribution in [3.05, 3.63) is 120 Å². The first-order valence-corrected chi connectivity index (χ1v) is 11.7. The van der Waals surface area contributed by atoms with E-state index in [0.29, 0.717) is 0 Å². The van der Waals surface area contributed by atoms with Crippen LogP contribution in [0.15, 0.2) is 108 Å². The summed E-state index contributed by atoms with van der Waals surface area (Å²) in [5.41, 5.74) is 2.48. The molecule has 0 heterocycles. The van der Waals surface area contributed by atoms with Gasteiger partial charge in [0, 0.05) is 13.7 Å². The summed E-state index contributed by atoms with van der Waals surface area (Å²) in [7, 11) is 5.04. The zero-order valence-electron chi connectivity index (χ0n) is 19.5. The zero-order chi connectivity index (χ0) is 22.9. The molecular formula is C29H32BNO2. The van der Waals surface area contributed by atoms with Crippen LogP contribution in [0, 0.1) is 17.8 Å². The first-order valence-electron chi connectivity index (χ1n) is 11.7. The van der Waals surface area contributed by atoms with E-state index in [1.165, 1.54) is 20.1 Å². The Kier molecular flexibility index (Phi) is 7.90. The molecule has 2 aliphatic carbocycles. The van der Waals surface area contributed by atoms with Gasteiger partial charge < -0.3 is 4.74 Å². The Morgan fingerprint density at radius 2 is 1.30 bits per heavy atom. The van der Waals surface area contributed by atoms with Crippen molar-refractivity contribution in [2.45, 2.75) is 18.4 Å². The summed E-state index contributed by atoms with van der Waals surface area (Å²) in [4.78, 5) is 4.05. The molecule has 0 radical (unpaired) electrons. The summed E-state index contributed by atoms with van der Waals surface area (Å²) >= 11 is 0. The monoisotopic (exact) mass is 437 g/mol. The van der Waals surface area contributed by atoms with E-state index in [-0.39, 0.29) is 0 Å². The van der Waals surface area contributed by atoms with E-state index < -0.39 is 5.60 Å². The third kappa shape index (κ3) is 5.17. The summed E-state index contributed by atoms with van der Waals surface area (Å²) < 4.78 is 11.4. The Balaban J connectivity index is 0.000000214. The minimum absolute atomic E-state index is 0.719. The summed E-state index contributed by atoms with van der Waals surface area (Å²) in [6, 6.07) is 30.7. The van der Waals surface area contributed by atoms with E-state index >= 15 is 0 Å². The quantitative estimate of drug-likeness (QED) is 0.248. The summed E-state index contributed by atoms with van der Waals surface area (Å²) in [5.74, 6) is 2.58. The molecule has 2 aliphatic rings. The standard InChI is InChI=1S/C20H18BNO.C9H14O/c1-22-21-23-20(17-11-5-2-6-12-17,18-13-7-3-8-14-18)19-15-9-4-10-16-19;1-10-6-9-5-7-2-3-8(9)4-7/h2-16H,1H3;2-3,7-9H,4-6H2,1H3. The molecule has 0 aliphatic heterocycles. The van der Waals surface area contributed by atoms with Crippen molar-refractivity contribution in [1.29, 1.82) is 0 Å². The zero-order valence-corrected chi connectivity index (χ0v) is 19.5. The van der Waals surface area contributed by atoms with Crippen LogP contribution in [-0.4, -0.2) is 28.0 Å². The Morgan fingerprint density at radius 1 is 0.788 bits per heavy atom. The molecule has 0 aromatic heterocycles. The van der Waals surface area contributed by atoms with Crippen molar-refractivity contribution in [1.82, 2.24) is 0 Å². The number of hydrogen-bond acceptors (Lipinski definition) is 3. The number of benzene rings is 3. The second-order valence-electron chi connectivity index (χ2n) is 8.76. The van der Waals surface area contributed by atoms with E-state index in [2.05, 4.69) is 53.4 Å². The van der Waals surface area contributed by atoms with Gasteiger partial charge in [-0.25, -0.2) is 0 Å². The fraction of sp³-hybridized carbons (Fsp3) is 0.310. The molecule has 3 unspecified atom stereocenters. The fourth-order valence-electron chi connectivity index (χ4n) is 5.15. The van der Waals surface area contributed by atoms with Gasteiger partial charge in [-0.3, -0.25) is 0 Å². The Bertz CT molecular complexity index is 940. The largest absolute Gasteiger partial charge is 0.384 e. The van der Waals surface area contributed by atoms with Gasteiger partial charge in [-0.1, -0.05) is 12.2 Å². The van der Waals surface area contributed by atoms with E-state index in [1.807, 2.05) is 54.6 Å². The van der Waals surface area contributed by atoms with Gasteiger partial charge in [0.2, 0.25) is 0 Å². The maximum Gasteiger partial charge on any atom is 0.0496 e. The van der Waals surface area contributed by atoms with Crippen LogP contribution in [0.25, 0.3) is 0 Å². The van der Waals surface area contributed by atoms with Gasteiger partial charge in [0.15, 0.2) is 0 Å². The molecule has 0 amide bonds. The van der Waals surface area contributed by atoms with Crippen LogP contribution >= 0.6 is 0 Å². The van der Waals surface area contributed by atoms with Crippen molar-refractivity contribution in [2.24, 2.45) is 22.6 Å². The first kappa shape index (κ1) is 23.2. The molecule has 1 fully saturated rings. The van der Waals surface area contributed by atoms with Crippen molar-refractivity contribution in [3.8, 4) is 0 Å². The predicted octanol–water partition coefficient (Wildman–Crippen LogP) is 6.27. The van der Waals surface area contributed by atoms with E-state index in [0.717, 1.165) is 41.1 Å². The maximum atomic E-state index is 6.25. The van der Waals surface area contributed by atoms with Gasteiger partial charge in [-0.2, -0.15) is 0 Å². The summed E-state index contributed by atoms with van der Waals surface area (Å²) in [6.45, 7) is 0.964. The smallest absolute Gasteiger partial charge is 0.0496 e. The molecule has 3 nitrogen and oxygen atoms in total. The molecule has 1 saturated carbocycles. The number of rotatable bonds is 7. The summed E-state index contributed by atoms with van der Waals surface area (Å²) in [5, 5.41) is 0. The Labute approximate surface area is 198 Å². The number of ether oxygens (including phenoxy) is 1. The number of methoxy groups -OCH3 is 1. The number of fused-ring (bicyclic) bond motifs is 2. The van der Waals surface area contributed by atoms with Crippen molar-refractivity contribution in [3.63, 3.8) is 0 Å². The Hall–Kier alpha value is -2.98.